The van der Waals surface area contributed by atoms with Crippen molar-refractivity contribution >= 4 is 38.2 Å². The molecule has 3 aliphatic rings. The number of ether oxygens (including phenoxy) is 2. The van der Waals surface area contributed by atoms with E-state index >= 15 is 0 Å². The van der Waals surface area contributed by atoms with Crippen molar-refractivity contribution in [1.29, 1.82) is 0 Å². The van der Waals surface area contributed by atoms with Crippen LogP contribution in [0.25, 0.3) is 10.8 Å². The zero-order valence-corrected chi connectivity index (χ0v) is 19.0. The number of allylic oxidation sites excluding steroid dienone is 2. The highest BCUT2D eigenvalue weighted by atomic mass is 79.9. The number of ketones is 1. The van der Waals surface area contributed by atoms with Gasteiger partial charge in [0.1, 0.15) is 0 Å². The van der Waals surface area contributed by atoms with Gasteiger partial charge < -0.3 is 14.8 Å². The van der Waals surface area contributed by atoms with E-state index in [1.165, 1.54) is 10.8 Å². The van der Waals surface area contributed by atoms with E-state index in [1.54, 1.807) is 0 Å². The van der Waals surface area contributed by atoms with E-state index in [-0.39, 0.29) is 23.9 Å². The highest BCUT2D eigenvalue weighted by Gasteiger charge is 2.41. The van der Waals surface area contributed by atoms with Crippen molar-refractivity contribution < 1.29 is 14.3 Å². The van der Waals surface area contributed by atoms with Crippen LogP contribution in [-0.2, 0) is 4.79 Å². The van der Waals surface area contributed by atoms with Crippen LogP contribution in [0, 0.1) is 5.41 Å². The van der Waals surface area contributed by atoms with Crippen molar-refractivity contribution in [3.8, 4) is 11.5 Å². The Morgan fingerprint density at radius 3 is 2.61 bits per heavy atom. The summed E-state index contributed by atoms with van der Waals surface area (Å²) in [5, 5.41) is 6.04. The van der Waals surface area contributed by atoms with Crippen LogP contribution in [0.1, 0.15) is 43.7 Å². The molecule has 1 N–H and O–H groups in total. The fourth-order valence-electron chi connectivity index (χ4n) is 5.23. The summed E-state index contributed by atoms with van der Waals surface area (Å²) < 4.78 is 12.2. The molecule has 2 heterocycles. The minimum absolute atomic E-state index is 0.0678. The van der Waals surface area contributed by atoms with Crippen molar-refractivity contribution in [3.05, 3.63) is 75.4 Å². The fraction of sp³-hybridized carbons (Fsp3) is 0.269. The average molecular weight is 476 g/mol. The maximum Gasteiger partial charge on any atom is 0.231 e. The highest BCUT2D eigenvalue weighted by molar-refractivity contribution is 9.10. The first-order chi connectivity index (χ1) is 14.9. The largest absolute Gasteiger partial charge is 0.454 e. The number of nitrogens with one attached hydrogen (secondary N) is 1. The Kier molecular flexibility index (Phi) is 4.03. The van der Waals surface area contributed by atoms with Gasteiger partial charge in [-0.3, -0.25) is 4.79 Å². The quantitative estimate of drug-likeness (QED) is 0.434. The average Bonchev–Trinajstić information content (AvgIpc) is 3.18. The molecular formula is C26H22BrNO3. The topological polar surface area (TPSA) is 47.6 Å². The Morgan fingerprint density at radius 2 is 1.77 bits per heavy atom. The summed E-state index contributed by atoms with van der Waals surface area (Å²) in [5.41, 5.74) is 5.09. The Morgan fingerprint density at radius 1 is 1.00 bits per heavy atom. The van der Waals surface area contributed by atoms with Gasteiger partial charge >= 0.3 is 0 Å². The van der Waals surface area contributed by atoms with E-state index in [1.807, 2.05) is 12.1 Å². The number of hydrogen-bond donors (Lipinski definition) is 1. The molecule has 156 valence electrons. The molecular weight excluding hydrogens is 454 g/mol. The van der Waals surface area contributed by atoms with Gasteiger partial charge in [-0.2, -0.15) is 0 Å². The van der Waals surface area contributed by atoms with E-state index in [2.05, 4.69) is 71.5 Å². The second kappa shape index (κ2) is 6.60. The number of halogens is 1. The smallest absolute Gasteiger partial charge is 0.231 e. The van der Waals surface area contributed by atoms with Crippen LogP contribution in [0.15, 0.2) is 64.3 Å². The molecule has 0 radical (unpaired) electrons. The van der Waals surface area contributed by atoms with Crippen LogP contribution in [0.2, 0.25) is 0 Å². The van der Waals surface area contributed by atoms with E-state index in [0.717, 1.165) is 50.5 Å². The number of carbonyl (C=O) groups excluding carboxylic acids is 1. The Bertz CT molecular complexity index is 1310. The number of hydrogen-bond acceptors (Lipinski definition) is 4. The molecule has 0 saturated heterocycles. The molecule has 0 amide bonds. The maximum atomic E-state index is 13.5. The number of carbonyl (C=O) groups is 1. The third-order valence-corrected chi connectivity index (χ3v) is 7.25. The molecule has 5 heteroatoms. The molecule has 1 aliphatic carbocycles. The van der Waals surface area contributed by atoms with Crippen LogP contribution in [0.5, 0.6) is 11.5 Å². The van der Waals surface area contributed by atoms with Gasteiger partial charge in [0.15, 0.2) is 17.3 Å². The maximum absolute atomic E-state index is 13.5. The molecule has 0 unspecified atom stereocenters. The van der Waals surface area contributed by atoms with E-state index < -0.39 is 0 Å². The number of rotatable bonds is 1. The van der Waals surface area contributed by atoms with E-state index in [0.29, 0.717) is 6.42 Å². The van der Waals surface area contributed by atoms with Gasteiger partial charge in [-0.1, -0.05) is 66.2 Å². The monoisotopic (exact) mass is 475 g/mol. The minimum Gasteiger partial charge on any atom is -0.454 e. The minimum atomic E-state index is -0.164. The van der Waals surface area contributed by atoms with Gasteiger partial charge in [-0.15, -0.1) is 0 Å². The van der Waals surface area contributed by atoms with E-state index in [4.69, 9.17) is 9.47 Å². The molecule has 4 nitrogen and oxygen atoms in total. The molecule has 3 aromatic rings. The van der Waals surface area contributed by atoms with Crippen molar-refractivity contribution in [1.82, 2.24) is 0 Å². The van der Waals surface area contributed by atoms with Crippen LogP contribution in [-0.4, -0.2) is 12.6 Å². The molecule has 0 aromatic heterocycles. The molecule has 0 fully saturated rings. The van der Waals surface area contributed by atoms with Crippen molar-refractivity contribution in [3.63, 3.8) is 0 Å². The van der Waals surface area contributed by atoms with Crippen LogP contribution < -0.4 is 14.8 Å². The SMILES string of the molecule is CC1(C)CC(=O)C2=C(C1)Nc1c(ccc3ccccc13)[C@H]2c1cc2c(cc1Br)OCO2. The lowest BCUT2D eigenvalue weighted by atomic mass is 9.68. The first-order valence-corrected chi connectivity index (χ1v) is 11.3. The van der Waals surface area contributed by atoms with Gasteiger partial charge in [0.05, 0.1) is 5.69 Å². The molecule has 2 aliphatic heterocycles. The first-order valence-electron chi connectivity index (χ1n) is 10.6. The summed E-state index contributed by atoms with van der Waals surface area (Å²) >= 11 is 3.76. The lowest BCUT2D eigenvalue weighted by Crippen LogP contribution is -2.34. The van der Waals surface area contributed by atoms with Gasteiger partial charge in [-0.25, -0.2) is 0 Å². The Hall–Kier alpha value is -2.79. The standard InChI is InChI=1S/C26H22BrNO3/c1-26(2)11-19-24(20(29)12-26)23(17-9-21-22(10-18(17)27)31-13-30-21)16-8-7-14-5-3-4-6-15(14)25(16)28-19/h3-10,23,28H,11-13H2,1-2H3/t23-/m0/s1. The summed E-state index contributed by atoms with van der Waals surface area (Å²) in [5.74, 6) is 1.51. The summed E-state index contributed by atoms with van der Waals surface area (Å²) in [6.07, 6.45) is 1.39. The molecule has 0 bridgehead atoms. The second-order valence-electron chi connectivity index (χ2n) is 9.37. The molecule has 1 atom stereocenters. The second-order valence-corrected chi connectivity index (χ2v) is 10.2. The number of benzene rings is 3. The van der Waals surface area contributed by atoms with E-state index in [9.17, 15) is 4.79 Å². The molecule has 6 rings (SSSR count). The Labute approximate surface area is 189 Å². The van der Waals surface area contributed by atoms with Crippen LogP contribution in [0.3, 0.4) is 0 Å². The van der Waals surface area contributed by atoms with Crippen molar-refractivity contribution in [2.24, 2.45) is 5.41 Å². The fourth-order valence-corrected chi connectivity index (χ4v) is 5.78. The van der Waals surface area contributed by atoms with Crippen LogP contribution >= 0.6 is 15.9 Å². The zero-order valence-electron chi connectivity index (χ0n) is 17.4. The predicted octanol–water partition coefficient (Wildman–Crippen LogP) is 6.53. The Balaban J connectivity index is 1.64. The van der Waals surface area contributed by atoms with Crippen molar-refractivity contribution in [2.75, 3.05) is 12.1 Å². The van der Waals surface area contributed by atoms with Gasteiger partial charge in [0, 0.05) is 33.5 Å². The highest BCUT2D eigenvalue weighted by Crippen LogP contribution is 2.53. The lowest BCUT2D eigenvalue weighted by Gasteiger charge is -2.40. The van der Waals surface area contributed by atoms with Crippen LogP contribution in [0.4, 0.5) is 5.69 Å². The summed E-state index contributed by atoms with van der Waals surface area (Å²) in [4.78, 5) is 13.5. The zero-order chi connectivity index (χ0) is 21.3. The van der Waals surface area contributed by atoms with Gasteiger partial charge in [0.25, 0.3) is 0 Å². The molecule has 0 spiro atoms. The molecule has 0 saturated carbocycles. The first kappa shape index (κ1) is 18.9. The summed E-state index contributed by atoms with van der Waals surface area (Å²) in [7, 11) is 0. The summed E-state index contributed by atoms with van der Waals surface area (Å²) in [6, 6.07) is 16.7. The number of fused-ring (bicyclic) bond motifs is 4. The normalized spacial score (nSPS) is 21.0. The molecule has 3 aromatic carbocycles. The summed E-state index contributed by atoms with van der Waals surface area (Å²) in [6.45, 7) is 4.56. The number of anilines is 1. The van der Waals surface area contributed by atoms with Crippen molar-refractivity contribution in [2.45, 2.75) is 32.6 Å². The third kappa shape index (κ3) is 2.90. The van der Waals surface area contributed by atoms with Gasteiger partial charge in [-0.05, 0) is 40.5 Å². The number of Topliss-reactive ketones (excluding diaryl/α,β-unsaturated/α-hetero) is 1. The molecule has 31 heavy (non-hydrogen) atoms. The lowest BCUT2D eigenvalue weighted by molar-refractivity contribution is -0.118. The third-order valence-electron chi connectivity index (χ3n) is 6.56. The predicted molar refractivity (Wildman–Crippen MR) is 125 cm³/mol. The van der Waals surface area contributed by atoms with Gasteiger partial charge in [0.2, 0.25) is 6.79 Å².